The number of hydrogen-bond donors (Lipinski definition) is 1. The summed E-state index contributed by atoms with van der Waals surface area (Å²) in [5.41, 5.74) is 0. The number of nitrogens with one attached hydrogen (secondary N) is 1. The predicted octanol–water partition coefficient (Wildman–Crippen LogP) is 3.32. The Morgan fingerprint density at radius 3 is 2.57 bits per heavy atom. The van der Waals surface area contributed by atoms with Crippen molar-refractivity contribution in [3.8, 4) is 0 Å². The molecule has 0 bridgehead atoms. The maximum absolute atomic E-state index is 12.3. The smallest absolute Gasteiger partial charge is 0.317 e. The van der Waals surface area contributed by atoms with Crippen molar-refractivity contribution in [2.75, 3.05) is 26.2 Å². The van der Waals surface area contributed by atoms with Crippen LogP contribution in [0.3, 0.4) is 0 Å². The van der Waals surface area contributed by atoms with Crippen molar-refractivity contribution in [2.45, 2.75) is 52.6 Å². The van der Waals surface area contributed by atoms with E-state index in [9.17, 15) is 4.79 Å². The third-order valence-electron chi connectivity index (χ3n) is 4.41. The van der Waals surface area contributed by atoms with Gasteiger partial charge < -0.3 is 14.6 Å². The van der Waals surface area contributed by atoms with Gasteiger partial charge in [0.05, 0.1) is 12.8 Å². The molecule has 1 saturated heterocycles. The van der Waals surface area contributed by atoms with Crippen LogP contribution in [-0.4, -0.2) is 48.1 Å². The van der Waals surface area contributed by atoms with Gasteiger partial charge in [0.2, 0.25) is 0 Å². The second-order valence-corrected chi connectivity index (χ2v) is 7.02. The number of nitrogens with zero attached hydrogens (tertiary/aromatic N) is 2. The van der Waals surface area contributed by atoms with Crippen LogP contribution in [-0.2, 0) is 6.54 Å². The highest BCUT2D eigenvalue weighted by Crippen LogP contribution is 2.11. The van der Waals surface area contributed by atoms with E-state index in [4.69, 9.17) is 4.42 Å². The Labute approximate surface area is 140 Å². The third-order valence-corrected chi connectivity index (χ3v) is 4.41. The second kappa shape index (κ2) is 8.96. The van der Waals surface area contributed by atoms with E-state index < -0.39 is 0 Å². The molecule has 2 amide bonds. The van der Waals surface area contributed by atoms with Gasteiger partial charge >= 0.3 is 6.03 Å². The van der Waals surface area contributed by atoms with Gasteiger partial charge in [-0.1, -0.05) is 26.7 Å². The third kappa shape index (κ3) is 6.26. The van der Waals surface area contributed by atoms with Gasteiger partial charge in [-0.05, 0) is 31.4 Å². The molecule has 2 rings (SSSR count). The molecule has 1 aliphatic rings. The maximum Gasteiger partial charge on any atom is 0.317 e. The average molecular weight is 321 g/mol. The Kier molecular flexibility index (Phi) is 6.96. The van der Waals surface area contributed by atoms with Crippen LogP contribution >= 0.6 is 0 Å². The van der Waals surface area contributed by atoms with Crippen LogP contribution in [0.1, 0.15) is 45.8 Å². The molecule has 1 aromatic rings. The number of carbonyl (C=O) groups is 1. The molecule has 0 saturated carbocycles. The topological polar surface area (TPSA) is 48.7 Å². The van der Waals surface area contributed by atoms with Crippen molar-refractivity contribution >= 4 is 6.03 Å². The molecule has 0 aliphatic carbocycles. The fourth-order valence-electron chi connectivity index (χ4n) is 2.94. The Hall–Kier alpha value is -1.49. The van der Waals surface area contributed by atoms with E-state index in [2.05, 4.69) is 31.0 Å². The van der Waals surface area contributed by atoms with Gasteiger partial charge in [-0.15, -0.1) is 0 Å². The van der Waals surface area contributed by atoms with Crippen LogP contribution in [0.5, 0.6) is 0 Å². The molecule has 0 aromatic carbocycles. The lowest BCUT2D eigenvalue weighted by Crippen LogP contribution is -2.52. The van der Waals surface area contributed by atoms with Crippen molar-refractivity contribution in [3.63, 3.8) is 0 Å². The van der Waals surface area contributed by atoms with Crippen LogP contribution < -0.4 is 5.32 Å². The van der Waals surface area contributed by atoms with E-state index in [1.54, 1.807) is 6.26 Å². The van der Waals surface area contributed by atoms with Crippen LogP contribution in [0.2, 0.25) is 0 Å². The molecule has 5 nitrogen and oxygen atoms in total. The average Bonchev–Trinajstić information content (AvgIpc) is 3.00. The SMILES string of the molecule is CC(C)CCCC(C)NC(=O)N1CCN(Cc2ccco2)CC1. The first kappa shape index (κ1) is 17.9. The molecule has 2 heterocycles. The van der Waals surface area contributed by atoms with E-state index in [0.29, 0.717) is 0 Å². The number of piperazine rings is 1. The van der Waals surface area contributed by atoms with Gasteiger partial charge in [-0.3, -0.25) is 4.90 Å². The van der Waals surface area contributed by atoms with E-state index >= 15 is 0 Å². The summed E-state index contributed by atoms with van der Waals surface area (Å²) >= 11 is 0. The van der Waals surface area contributed by atoms with Crippen LogP contribution in [0.4, 0.5) is 4.79 Å². The van der Waals surface area contributed by atoms with E-state index in [0.717, 1.165) is 50.8 Å². The largest absolute Gasteiger partial charge is 0.468 e. The summed E-state index contributed by atoms with van der Waals surface area (Å²) in [6.07, 6.45) is 5.17. The molecule has 0 radical (unpaired) electrons. The van der Waals surface area contributed by atoms with Gasteiger partial charge in [-0.25, -0.2) is 4.79 Å². The highest BCUT2D eigenvalue weighted by molar-refractivity contribution is 5.74. The normalized spacial score (nSPS) is 17.5. The number of urea groups is 1. The monoisotopic (exact) mass is 321 g/mol. The zero-order chi connectivity index (χ0) is 16.7. The van der Waals surface area contributed by atoms with E-state index in [1.165, 1.54) is 12.8 Å². The van der Waals surface area contributed by atoms with Gasteiger partial charge in [0.15, 0.2) is 0 Å². The first-order valence-corrected chi connectivity index (χ1v) is 8.84. The molecule has 5 heteroatoms. The molecule has 1 N–H and O–H groups in total. The first-order chi connectivity index (χ1) is 11.0. The summed E-state index contributed by atoms with van der Waals surface area (Å²) in [5.74, 6) is 1.72. The van der Waals surface area contributed by atoms with Gasteiger partial charge in [0, 0.05) is 32.2 Å². The highest BCUT2D eigenvalue weighted by atomic mass is 16.3. The summed E-state index contributed by atoms with van der Waals surface area (Å²) in [5, 5.41) is 3.13. The predicted molar refractivity (Wildman–Crippen MR) is 92.2 cm³/mol. The fraction of sp³-hybridized carbons (Fsp3) is 0.722. The second-order valence-electron chi connectivity index (χ2n) is 7.02. The van der Waals surface area contributed by atoms with Crippen molar-refractivity contribution in [2.24, 2.45) is 5.92 Å². The zero-order valence-corrected chi connectivity index (χ0v) is 14.8. The standard InChI is InChI=1S/C18H31N3O2/c1-15(2)6-4-7-16(3)19-18(22)21-11-9-20(10-12-21)14-17-8-5-13-23-17/h5,8,13,15-16H,4,6-7,9-12,14H2,1-3H3,(H,19,22). The maximum atomic E-state index is 12.3. The van der Waals surface area contributed by atoms with Crippen LogP contribution in [0.25, 0.3) is 0 Å². The van der Waals surface area contributed by atoms with Gasteiger partial charge in [-0.2, -0.15) is 0 Å². The molecule has 0 spiro atoms. The Balaban J connectivity index is 1.65. The van der Waals surface area contributed by atoms with Gasteiger partial charge in [0.25, 0.3) is 0 Å². The summed E-state index contributed by atoms with van der Waals surface area (Å²) < 4.78 is 5.38. The molecular formula is C18H31N3O2. The molecule has 1 aromatic heterocycles. The van der Waals surface area contributed by atoms with E-state index in [-0.39, 0.29) is 12.1 Å². The van der Waals surface area contributed by atoms with Crippen molar-refractivity contribution in [1.29, 1.82) is 0 Å². The molecule has 1 unspecified atom stereocenters. The lowest BCUT2D eigenvalue weighted by molar-refractivity contribution is 0.128. The molecular weight excluding hydrogens is 290 g/mol. The minimum Gasteiger partial charge on any atom is -0.468 e. The molecule has 23 heavy (non-hydrogen) atoms. The number of rotatable bonds is 7. The quantitative estimate of drug-likeness (QED) is 0.838. The van der Waals surface area contributed by atoms with Crippen molar-refractivity contribution < 1.29 is 9.21 Å². The number of hydrogen-bond acceptors (Lipinski definition) is 3. The summed E-state index contributed by atoms with van der Waals surface area (Å²) in [6, 6.07) is 4.25. The number of carbonyl (C=O) groups excluding carboxylic acids is 1. The Bertz CT molecular complexity index is 451. The molecule has 130 valence electrons. The summed E-state index contributed by atoms with van der Waals surface area (Å²) in [4.78, 5) is 16.6. The highest BCUT2D eigenvalue weighted by Gasteiger charge is 2.22. The van der Waals surface area contributed by atoms with Gasteiger partial charge in [0.1, 0.15) is 5.76 Å². The first-order valence-electron chi connectivity index (χ1n) is 8.84. The summed E-state index contributed by atoms with van der Waals surface area (Å²) in [7, 11) is 0. The minimum atomic E-state index is 0.0831. The molecule has 1 aliphatic heterocycles. The molecule has 1 fully saturated rings. The fourth-order valence-corrected chi connectivity index (χ4v) is 2.94. The Morgan fingerprint density at radius 2 is 1.96 bits per heavy atom. The molecule has 1 atom stereocenters. The lowest BCUT2D eigenvalue weighted by Gasteiger charge is -2.34. The number of amides is 2. The van der Waals surface area contributed by atoms with E-state index in [1.807, 2.05) is 17.0 Å². The van der Waals surface area contributed by atoms with Crippen molar-refractivity contribution in [1.82, 2.24) is 15.1 Å². The zero-order valence-electron chi connectivity index (χ0n) is 14.8. The number of furan rings is 1. The summed E-state index contributed by atoms with van der Waals surface area (Å²) in [6.45, 7) is 10.8. The van der Waals surface area contributed by atoms with Crippen molar-refractivity contribution in [3.05, 3.63) is 24.2 Å². The minimum absolute atomic E-state index is 0.0831. The van der Waals surface area contributed by atoms with Crippen LogP contribution in [0, 0.1) is 5.92 Å². The Morgan fingerprint density at radius 1 is 1.22 bits per heavy atom. The van der Waals surface area contributed by atoms with Crippen LogP contribution in [0.15, 0.2) is 22.8 Å². The lowest BCUT2D eigenvalue weighted by atomic mass is 10.0.